The molecule has 0 atom stereocenters. The predicted octanol–water partition coefficient (Wildman–Crippen LogP) is 3.39. The Morgan fingerprint density at radius 2 is 1.26 bits per heavy atom. The third kappa shape index (κ3) is 12.3. The quantitative estimate of drug-likeness (QED) is 0.332. The van der Waals surface area contributed by atoms with Crippen LogP contribution in [0.5, 0.6) is 0 Å². The molecule has 0 aromatic rings. The van der Waals surface area contributed by atoms with Crippen LogP contribution in [0.3, 0.4) is 0 Å². The number of ether oxygens (including phenoxy) is 1. The second kappa shape index (κ2) is 11.3. The fourth-order valence-corrected chi connectivity index (χ4v) is 2.34. The van der Waals surface area contributed by atoms with Crippen molar-refractivity contribution in [3.8, 4) is 0 Å². The predicted molar refractivity (Wildman–Crippen MR) is 73.3 cm³/mol. The average Bonchev–Trinajstić information content (AvgIpc) is 2.34. The molecule has 0 fully saturated rings. The molecule has 0 aliphatic rings. The van der Waals surface area contributed by atoms with E-state index in [1.54, 1.807) is 0 Å². The molecule has 0 saturated carbocycles. The first-order chi connectivity index (χ1) is 8.98. The van der Waals surface area contributed by atoms with Gasteiger partial charge in [-0.15, -0.1) is 0 Å². The largest absolute Gasteiger partial charge is 0.490 e. The Hall–Kier alpha value is -0.523. The minimum Gasteiger partial charge on any atom is -0.459 e. The van der Waals surface area contributed by atoms with Gasteiger partial charge < -0.3 is 4.74 Å². The van der Waals surface area contributed by atoms with Gasteiger partial charge >= 0.3 is 12.1 Å². The minimum absolute atomic E-state index is 0.126. The van der Waals surface area contributed by atoms with Gasteiger partial charge in [-0.25, -0.2) is 4.79 Å². The van der Waals surface area contributed by atoms with E-state index in [4.69, 9.17) is 0 Å². The van der Waals surface area contributed by atoms with Crippen molar-refractivity contribution in [1.29, 1.82) is 0 Å². The lowest BCUT2D eigenvalue weighted by Crippen LogP contribution is -2.25. The topological polar surface area (TPSA) is 26.3 Å². The molecule has 0 aliphatic carbocycles. The molecule has 6 heteroatoms. The first kappa shape index (κ1) is 18.5. The molecular formula is C13H25F3O2Si. The van der Waals surface area contributed by atoms with Crippen LogP contribution >= 0.6 is 0 Å². The molecule has 0 amide bonds. The zero-order valence-electron chi connectivity index (χ0n) is 11.7. The Labute approximate surface area is 116 Å². The lowest BCUT2D eigenvalue weighted by molar-refractivity contribution is -0.199. The fraction of sp³-hybridized carbons (Fsp3) is 0.923. The van der Waals surface area contributed by atoms with Crippen LogP contribution in [0.4, 0.5) is 13.2 Å². The summed E-state index contributed by atoms with van der Waals surface area (Å²) in [5, 5.41) is 0. The van der Waals surface area contributed by atoms with Crippen LogP contribution < -0.4 is 0 Å². The van der Waals surface area contributed by atoms with Gasteiger partial charge in [-0.2, -0.15) is 13.2 Å². The second-order valence-corrected chi connectivity index (χ2v) is 5.82. The number of carbonyl (C=O) groups is 1. The normalized spacial score (nSPS) is 11.7. The summed E-state index contributed by atoms with van der Waals surface area (Å²) in [6.07, 6.45) is 5.04. The van der Waals surface area contributed by atoms with Crippen LogP contribution in [0.1, 0.15) is 57.8 Å². The molecule has 0 radical (unpaired) electrons. The molecule has 0 spiro atoms. The lowest BCUT2D eigenvalue weighted by Gasteiger charge is -2.06. The number of hydrogen-bond donors (Lipinski definition) is 0. The number of halogens is 3. The zero-order valence-corrected chi connectivity index (χ0v) is 13.7. The van der Waals surface area contributed by atoms with Gasteiger partial charge in [0.25, 0.3) is 0 Å². The molecule has 0 aliphatic heterocycles. The zero-order chi connectivity index (χ0) is 14.6. The van der Waals surface area contributed by atoms with Crippen LogP contribution in [-0.4, -0.2) is 29.0 Å². The maximum atomic E-state index is 11.8. The number of alkyl halides is 3. The standard InChI is InChI=1S/C13H25F3O2Si/c14-13(15,16)12(17)18-10-8-6-4-2-1-3-5-7-9-11-19/h1-11H2,19H3. The Bertz CT molecular complexity index is 232. The molecule has 114 valence electrons. The smallest absolute Gasteiger partial charge is 0.459 e. The van der Waals surface area contributed by atoms with Crippen LogP contribution in [0.15, 0.2) is 0 Å². The third-order valence-electron chi connectivity index (χ3n) is 2.96. The van der Waals surface area contributed by atoms with E-state index >= 15 is 0 Å². The summed E-state index contributed by atoms with van der Waals surface area (Å²) in [6, 6.07) is 1.39. The third-order valence-corrected chi connectivity index (χ3v) is 3.67. The van der Waals surface area contributed by atoms with Crippen molar-refractivity contribution in [3.63, 3.8) is 0 Å². The first-order valence-corrected chi connectivity index (χ1v) is 8.64. The van der Waals surface area contributed by atoms with Crippen molar-refractivity contribution in [2.45, 2.75) is 70.0 Å². The number of hydrogen-bond acceptors (Lipinski definition) is 2. The van der Waals surface area contributed by atoms with E-state index in [0.29, 0.717) is 6.42 Å². The Morgan fingerprint density at radius 1 is 0.842 bits per heavy atom. The number of rotatable bonds is 11. The van der Waals surface area contributed by atoms with Gasteiger partial charge in [0.05, 0.1) is 6.61 Å². The van der Waals surface area contributed by atoms with Gasteiger partial charge in [0, 0.05) is 10.2 Å². The van der Waals surface area contributed by atoms with Gasteiger partial charge in [0.2, 0.25) is 0 Å². The summed E-state index contributed by atoms with van der Waals surface area (Å²) in [6.45, 7) is -0.126. The van der Waals surface area contributed by atoms with E-state index in [1.807, 2.05) is 0 Å². The van der Waals surface area contributed by atoms with Crippen LogP contribution in [-0.2, 0) is 9.53 Å². The van der Waals surface area contributed by atoms with Gasteiger partial charge in [-0.05, 0) is 6.42 Å². The molecule has 0 saturated heterocycles. The molecule has 0 heterocycles. The van der Waals surface area contributed by atoms with Crippen LogP contribution in [0.25, 0.3) is 0 Å². The summed E-state index contributed by atoms with van der Waals surface area (Å²) in [7, 11) is 1.30. The van der Waals surface area contributed by atoms with Gasteiger partial charge in [0.1, 0.15) is 0 Å². The van der Waals surface area contributed by atoms with E-state index in [9.17, 15) is 18.0 Å². The summed E-state index contributed by atoms with van der Waals surface area (Å²) >= 11 is 0. The van der Waals surface area contributed by atoms with Crippen molar-refractivity contribution >= 4 is 16.2 Å². The van der Waals surface area contributed by atoms with E-state index in [0.717, 1.165) is 19.3 Å². The van der Waals surface area contributed by atoms with E-state index < -0.39 is 12.1 Å². The summed E-state index contributed by atoms with van der Waals surface area (Å²) in [5.41, 5.74) is 0. The van der Waals surface area contributed by atoms with E-state index in [2.05, 4.69) is 4.74 Å². The van der Waals surface area contributed by atoms with Crippen molar-refractivity contribution in [1.82, 2.24) is 0 Å². The highest BCUT2D eigenvalue weighted by Crippen LogP contribution is 2.17. The second-order valence-electron chi connectivity index (χ2n) is 4.82. The highest BCUT2D eigenvalue weighted by atomic mass is 28.1. The van der Waals surface area contributed by atoms with Gasteiger partial charge in [-0.1, -0.05) is 57.4 Å². The molecule has 0 aromatic carbocycles. The number of esters is 1. The molecular weight excluding hydrogens is 273 g/mol. The van der Waals surface area contributed by atoms with Crippen molar-refractivity contribution in [2.24, 2.45) is 0 Å². The first-order valence-electron chi connectivity index (χ1n) is 7.22. The van der Waals surface area contributed by atoms with E-state index in [-0.39, 0.29) is 6.61 Å². The lowest BCUT2D eigenvalue weighted by atomic mass is 10.1. The maximum Gasteiger partial charge on any atom is 0.490 e. The van der Waals surface area contributed by atoms with E-state index in [1.165, 1.54) is 48.4 Å². The molecule has 0 rings (SSSR count). The average molecular weight is 298 g/mol. The minimum atomic E-state index is -4.86. The molecule has 0 bridgehead atoms. The monoisotopic (exact) mass is 298 g/mol. The highest BCUT2D eigenvalue weighted by molar-refractivity contribution is 6.08. The molecule has 19 heavy (non-hydrogen) atoms. The van der Waals surface area contributed by atoms with Crippen LogP contribution in [0, 0.1) is 0 Å². The van der Waals surface area contributed by atoms with Crippen molar-refractivity contribution < 1.29 is 22.7 Å². The SMILES string of the molecule is O=C(OCCCCCCCCCCC[SiH3])C(F)(F)F. The van der Waals surface area contributed by atoms with Gasteiger partial charge in [0.15, 0.2) is 0 Å². The maximum absolute atomic E-state index is 11.8. The van der Waals surface area contributed by atoms with Crippen molar-refractivity contribution in [2.75, 3.05) is 6.61 Å². The van der Waals surface area contributed by atoms with Gasteiger partial charge in [-0.3, -0.25) is 0 Å². The fourth-order valence-electron chi connectivity index (χ4n) is 1.84. The highest BCUT2D eigenvalue weighted by Gasteiger charge is 2.40. The molecule has 2 nitrogen and oxygen atoms in total. The molecule has 0 N–H and O–H groups in total. The molecule has 0 aromatic heterocycles. The summed E-state index contributed by atoms with van der Waals surface area (Å²) in [4.78, 5) is 10.4. The summed E-state index contributed by atoms with van der Waals surface area (Å²) < 4.78 is 39.5. The number of carbonyl (C=O) groups excluding carboxylic acids is 1. The molecule has 0 unspecified atom stereocenters. The Kier molecular flexibility index (Phi) is 11.0. The Balaban J connectivity index is 3.17. The Morgan fingerprint density at radius 3 is 1.68 bits per heavy atom. The van der Waals surface area contributed by atoms with Crippen molar-refractivity contribution in [3.05, 3.63) is 0 Å². The van der Waals surface area contributed by atoms with Crippen LogP contribution in [0.2, 0.25) is 6.04 Å². The number of unbranched alkanes of at least 4 members (excludes halogenated alkanes) is 8. The summed E-state index contributed by atoms with van der Waals surface area (Å²) in [5.74, 6) is -2.08.